The van der Waals surface area contributed by atoms with Crippen molar-refractivity contribution < 1.29 is 8.78 Å². The van der Waals surface area contributed by atoms with E-state index in [1.807, 2.05) is 18.2 Å². The third kappa shape index (κ3) is 3.12. The van der Waals surface area contributed by atoms with Crippen molar-refractivity contribution in [3.63, 3.8) is 0 Å². The predicted molar refractivity (Wildman–Crippen MR) is 78.8 cm³/mol. The molecule has 2 atom stereocenters. The van der Waals surface area contributed by atoms with Crippen LogP contribution in [-0.2, 0) is 6.54 Å². The lowest BCUT2D eigenvalue weighted by Crippen LogP contribution is -2.28. The van der Waals surface area contributed by atoms with Crippen LogP contribution in [0.15, 0.2) is 48.5 Å². The molecule has 2 aromatic rings. The van der Waals surface area contributed by atoms with E-state index in [1.165, 1.54) is 17.7 Å². The van der Waals surface area contributed by atoms with Gasteiger partial charge in [-0.1, -0.05) is 36.4 Å². The zero-order valence-electron chi connectivity index (χ0n) is 11.7. The highest BCUT2D eigenvalue weighted by atomic mass is 19.1. The van der Waals surface area contributed by atoms with Crippen LogP contribution in [0.1, 0.15) is 17.0 Å². The van der Waals surface area contributed by atoms with Gasteiger partial charge in [-0.15, -0.1) is 0 Å². The molecule has 0 radical (unpaired) electrons. The molecule has 0 aliphatic carbocycles. The molecular formula is C17H18F2N2. The van der Waals surface area contributed by atoms with E-state index in [-0.39, 0.29) is 12.0 Å². The molecule has 2 N–H and O–H groups in total. The second-order valence-electron chi connectivity index (χ2n) is 5.61. The average molecular weight is 288 g/mol. The molecule has 2 aromatic carbocycles. The Morgan fingerprint density at radius 1 is 1.05 bits per heavy atom. The van der Waals surface area contributed by atoms with Gasteiger partial charge < -0.3 is 5.73 Å². The summed E-state index contributed by atoms with van der Waals surface area (Å²) in [6, 6.07) is 13.9. The highest BCUT2D eigenvalue weighted by Gasteiger charge is 2.31. The number of halogens is 2. The molecule has 1 aliphatic heterocycles. The van der Waals surface area contributed by atoms with Gasteiger partial charge in [-0.3, -0.25) is 4.90 Å². The zero-order valence-corrected chi connectivity index (χ0v) is 11.7. The van der Waals surface area contributed by atoms with E-state index in [1.54, 1.807) is 0 Å². The fourth-order valence-corrected chi connectivity index (χ4v) is 2.99. The molecule has 21 heavy (non-hydrogen) atoms. The number of benzene rings is 2. The van der Waals surface area contributed by atoms with Crippen molar-refractivity contribution in [2.75, 3.05) is 13.1 Å². The zero-order chi connectivity index (χ0) is 14.8. The number of nitrogens with zero attached hydrogens (tertiary/aromatic N) is 1. The first-order valence-corrected chi connectivity index (χ1v) is 7.10. The molecule has 1 heterocycles. The topological polar surface area (TPSA) is 29.3 Å². The lowest BCUT2D eigenvalue weighted by atomic mass is 9.95. The minimum absolute atomic E-state index is 0.0379. The Bertz CT molecular complexity index is 615. The van der Waals surface area contributed by atoms with Gasteiger partial charge in [-0.25, -0.2) is 8.78 Å². The maximum Gasteiger partial charge on any atom is 0.130 e. The number of likely N-dealkylation sites (tertiary alicyclic amines) is 1. The summed E-state index contributed by atoms with van der Waals surface area (Å²) in [5.74, 6) is -0.780. The Morgan fingerprint density at radius 3 is 2.52 bits per heavy atom. The van der Waals surface area contributed by atoms with E-state index in [2.05, 4.69) is 17.0 Å². The monoisotopic (exact) mass is 288 g/mol. The van der Waals surface area contributed by atoms with Crippen LogP contribution in [0.5, 0.6) is 0 Å². The lowest BCUT2D eigenvalue weighted by Gasteiger charge is -2.16. The average Bonchev–Trinajstić information content (AvgIpc) is 2.84. The van der Waals surface area contributed by atoms with Gasteiger partial charge in [0.1, 0.15) is 11.6 Å². The maximum atomic E-state index is 13.7. The smallest absolute Gasteiger partial charge is 0.130 e. The first-order valence-electron chi connectivity index (χ1n) is 7.10. The first-order chi connectivity index (χ1) is 10.1. The molecule has 0 amide bonds. The third-order valence-electron chi connectivity index (χ3n) is 4.08. The summed E-state index contributed by atoms with van der Waals surface area (Å²) in [7, 11) is 0. The molecule has 0 saturated carbocycles. The van der Waals surface area contributed by atoms with E-state index in [4.69, 9.17) is 5.73 Å². The van der Waals surface area contributed by atoms with Gasteiger partial charge >= 0.3 is 0 Å². The van der Waals surface area contributed by atoms with Crippen LogP contribution in [0.25, 0.3) is 0 Å². The number of nitrogens with two attached hydrogens (primary N) is 1. The molecule has 0 aromatic heterocycles. The van der Waals surface area contributed by atoms with Crippen LogP contribution in [0.4, 0.5) is 8.78 Å². The van der Waals surface area contributed by atoms with Crippen LogP contribution in [0.3, 0.4) is 0 Å². The Balaban J connectivity index is 1.71. The first kappa shape index (κ1) is 14.2. The molecule has 110 valence electrons. The molecule has 0 bridgehead atoms. The van der Waals surface area contributed by atoms with Gasteiger partial charge in [0.25, 0.3) is 0 Å². The Hall–Kier alpha value is -1.78. The largest absolute Gasteiger partial charge is 0.326 e. The summed E-state index contributed by atoms with van der Waals surface area (Å²) in [5.41, 5.74) is 7.95. The Morgan fingerprint density at radius 2 is 1.81 bits per heavy atom. The van der Waals surface area contributed by atoms with Gasteiger partial charge in [0.15, 0.2) is 0 Å². The molecule has 3 rings (SSSR count). The number of rotatable bonds is 3. The minimum atomic E-state index is -0.545. The molecule has 2 nitrogen and oxygen atoms in total. The summed E-state index contributed by atoms with van der Waals surface area (Å²) < 4.78 is 26.7. The quantitative estimate of drug-likeness (QED) is 0.941. The highest BCUT2D eigenvalue weighted by Crippen LogP contribution is 2.27. The number of hydrogen-bond donors (Lipinski definition) is 1. The van der Waals surface area contributed by atoms with E-state index < -0.39 is 11.6 Å². The Labute approximate surface area is 123 Å². The van der Waals surface area contributed by atoms with Crippen molar-refractivity contribution in [3.8, 4) is 0 Å². The van der Waals surface area contributed by atoms with E-state index in [9.17, 15) is 8.78 Å². The van der Waals surface area contributed by atoms with Crippen molar-refractivity contribution in [1.82, 2.24) is 4.90 Å². The SMILES string of the molecule is N[C@@H]1CN(Cc2ccc(F)cc2F)C[C@H]1c1ccccc1. The van der Waals surface area contributed by atoms with Crippen LogP contribution in [-0.4, -0.2) is 24.0 Å². The summed E-state index contributed by atoms with van der Waals surface area (Å²) >= 11 is 0. The Kier molecular flexibility index (Phi) is 3.99. The van der Waals surface area contributed by atoms with E-state index in [0.717, 1.165) is 19.2 Å². The van der Waals surface area contributed by atoms with Crippen LogP contribution in [0.2, 0.25) is 0 Å². The van der Waals surface area contributed by atoms with E-state index >= 15 is 0 Å². The summed E-state index contributed by atoms with van der Waals surface area (Å²) in [4.78, 5) is 2.12. The fraction of sp³-hybridized carbons (Fsp3) is 0.294. The van der Waals surface area contributed by atoms with Gasteiger partial charge in [0.2, 0.25) is 0 Å². The van der Waals surface area contributed by atoms with E-state index in [0.29, 0.717) is 12.1 Å². The van der Waals surface area contributed by atoms with Crippen molar-refractivity contribution in [2.24, 2.45) is 5.73 Å². The predicted octanol–water partition coefficient (Wildman–Crippen LogP) is 2.89. The standard InChI is InChI=1S/C17H18F2N2/c18-14-7-6-13(16(19)8-14)9-21-10-15(17(20)11-21)12-4-2-1-3-5-12/h1-8,15,17H,9-11,20H2/t15-,17+/m0/s1. The van der Waals surface area contributed by atoms with Crippen molar-refractivity contribution in [2.45, 2.75) is 18.5 Å². The van der Waals surface area contributed by atoms with Gasteiger partial charge in [-0.2, -0.15) is 0 Å². The van der Waals surface area contributed by atoms with Gasteiger partial charge in [0, 0.05) is 43.2 Å². The lowest BCUT2D eigenvalue weighted by molar-refractivity contribution is 0.318. The fourth-order valence-electron chi connectivity index (χ4n) is 2.99. The van der Waals surface area contributed by atoms with Crippen LogP contribution < -0.4 is 5.73 Å². The second kappa shape index (κ2) is 5.92. The molecule has 0 spiro atoms. The summed E-state index contributed by atoms with van der Waals surface area (Å²) in [5, 5.41) is 0. The minimum Gasteiger partial charge on any atom is -0.326 e. The molecule has 1 saturated heterocycles. The van der Waals surface area contributed by atoms with Gasteiger partial charge in [-0.05, 0) is 11.6 Å². The second-order valence-corrected chi connectivity index (χ2v) is 5.61. The molecular weight excluding hydrogens is 270 g/mol. The molecule has 1 fully saturated rings. The van der Waals surface area contributed by atoms with Crippen molar-refractivity contribution in [1.29, 1.82) is 0 Å². The van der Waals surface area contributed by atoms with Gasteiger partial charge in [0.05, 0.1) is 0 Å². The molecule has 4 heteroatoms. The van der Waals surface area contributed by atoms with Crippen LogP contribution in [0, 0.1) is 11.6 Å². The third-order valence-corrected chi connectivity index (χ3v) is 4.08. The molecule has 1 aliphatic rings. The van der Waals surface area contributed by atoms with Crippen molar-refractivity contribution in [3.05, 3.63) is 71.3 Å². The summed E-state index contributed by atoms with van der Waals surface area (Å²) in [6.07, 6.45) is 0. The summed E-state index contributed by atoms with van der Waals surface area (Å²) in [6.45, 7) is 1.97. The van der Waals surface area contributed by atoms with Crippen molar-refractivity contribution >= 4 is 0 Å². The normalized spacial score (nSPS) is 22.6. The van der Waals surface area contributed by atoms with Crippen LogP contribution >= 0.6 is 0 Å². The highest BCUT2D eigenvalue weighted by molar-refractivity contribution is 5.24. The number of hydrogen-bond acceptors (Lipinski definition) is 2. The molecule has 0 unspecified atom stereocenters. The maximum absolute atomic E-state index is 13.7.